The Balaban J connectivity index is 1.50. The summed E-state index contributed by atoms with van der Waals surface area (Å²) in [4.78, 5) is 18.0. The van der Waals surface area contributed by atoms with Gasteiger partial charge in [0.05, 0.1) is 16.3 Å². The summed E-state index contributed by atoms with van der Waals surface area (Å²) in [6.07, 6.45) is 0. The zero-order chi connectivity index (χ0) is 21.1. The molecule has 7 nitrogen and oxygen atoms in total. The topological polar surface area (TPSA) is 96.7 Å². The molecule has 0 aliphatic carbocycles. The molecule has 2 aromatic heterocycles. The van der Waals surface area contributed by atoms with Crippen molar-refractivity contribution in [3.8, 4) is 11.4 Å². The molecule has 9 heteroatoms. The van der Waals surface area contributed by atoms with Gasteiger partial charge in [0, 0.05) is 21.8 Å². The fourth-order valence-corrected chi connectivity index (χ4v) is 4.33. The van der Waals surface area contributed by atoms with Crippen LogP contribution in [0.2, 0.25) is 5.02 Å². The van der Waals surface area contributed by atoms with Gasteiger partial charge in [-0.2, -0.15) is 4.98 Å². The summed E-state index contributed by atoms with van der Waals surface area (Å²) in [5, 5.41) is 14.2. The molecule has 2 heterocycles. The number of carbonyl (C=O) groups is 1. The second-order valence-electron chi connectivity index (χ2n) is 6.53. The molecule has 0 radical (unpaired) electrons. The number of benzene rings is 2. The van der Waals surface area contributed by atoms with Crippen LogP contribution in [0.15, 0.2) is 57.9 Å². The maximum Gasteiger partial charge on any atom is 0.259 e. The molecule has 0 saturated heterocycles. The van der Waals surface area contributed by atoms with E-state index in [0.717, 1.165) is 21.9 Å². The Labute approximate surface area is 182 Å². The average molecular weight is 440 g/mol. The molecule has 152 valence electrons. The highest BCUT2D eigenvalue weighted by Crippen LogP contribution is 2.29. The Hall–Kier alpha value is -3.10. The highest BCUT2D eigenvalue weighted by Gasteiger charge is 2.16. The van der Waals surface area contributed by atoms with Gasteiger partial charge in [0.25, 0.3) is 5.91 Å². The maximum absolute atomic E-state index is 12.9. The summed E-state index contributed by atoms with van der Waals surface area (Å²) in [5.41, 5.74) is 3.14. The van der Waals surface area contributed by atoms with Crippen molar-refractivity contribution in [3.05, 3.63) is 76.1 Å². The van der Waals surface area contributed by atoms with Crippen molar-refractivity contribution < 1.29 is 9.32 Å². The van der Waals surface area contributed by atoms with E-state index in [1.54, 1.807) is 23.9 Å². The summed E-state index contributed by atoms with van der Waals surface area (Å²) in [6, 6.07) is 14.7. The Morgan fingerprint density at radius 3 is 2.70 bits per heavy atom. The summed E-state index contributed by atoms with van der Waals surface area (Å²) in [6.45, 7) is 3.79. The monoisotopic (exact) mass is 439 g/mol. The van der Waals surface area contributed by atoms with Crippen LogP contribution in [0.5, 0.6) is 0 Å². The molecule has 1 amide bonds. The Morgan fingerprint density at radius 2 is 1.93 bits per heavy atom. The van der Waals surface area contributed by atoms with Gasteiger partial charge in [0.1, 0.15) is 5.76 Å². The van der Waals surface area contributed by atoms with Gasteiger partial charge in [-0.15, -0.1) is 16.9 Å². The summed E-state index contributed by atoms with van der Waals surface area (Å²) < 4.78 is 5.22. The highest BCUT2D eigenvalue weighted by molar-refractivity contribution is 7.98. The van der Waals surface area contributed by atoms with Crippen LogP contribution in [0.25, 0.3) is 11.4 Å². The number of halogens is 1. The van der Waals surface area contributed by atoms with Crippen LogP contribution < -0.4 is 5.32 Å². The van der Waals surface area contributed by atoms with Gasteiger partial charge in [0.15, 0.2) is 5.82 Å². The molecule has 0 fully saturated rings. The minimum atomic E-state index is -0.290. The first-order valence-corrected chi connectivity index (χ1v) is 10.5. The molecular weight excluding hydrogens is 422 g/mol. The normalized spacial score (nSPS) is 10.9. The van der Waals surface area contributed by atoms with Crippen LogP contribution in [0.1, 0.15) is 27.4 Å². The lowest BCUT2D eigenvalue weighted by Gasteiger charge is -2.08. The molecule has 0 spiro atoms. The van der Waals surface area contributed by atoms with E-state index in [1.165, 1.54) is 0 Å². The van der Waals surface area contributed by atoms with Crippen LogP contribution in [0.4, 0.5) is 5.95 Å². The SMILES string of the molecule is Cc1noc(C)c1CSc1ccccc1C(=O)Nc1n[nH]c(-c2ccccc2Cl)n1. The van der Waals surface area contributed by atoms with Gasteiger partial charge >= 0.3 is 0 Å². The van der Waals surface area contributed by atoms with Gasteiger partial charge in [-0.25, -0.2) is 0 Å². The van der Waals surface area contributed by atoms with Crippen molar-refractivity contribution in [1.29, 1.82) is 0 Å². The van der Waals surface area contributed by atoms with Crippen LogP contribution in [0.3, 0.4) is 0 Å². The van der Waals surface area contributed by atoms with E-state index in [0.29, 0.717) is 27.7 Å². The molecule has 2 aromatic carbocycles. The lowest BCUT2D eigenvalue weighted by molar-refractivity contribution is 0.102. The highest BCUT2D eigenvalue weighted by atomic mass is 35.5. The van der Waals surface area contributed by atoms with Gasteiger partial charge in [-0.05, 0) is 38.1 Å². The van der Waals surface area contributed by atoms with E-state index in [9.17, 15) is 4.79 Å². The molecule has 4 rings (SSSR count). The van der Waals surface area contributed by atoms with E-state index in [2.05, 4.69) is 25.7 Å². The lowest BCUT2D eigenvalue weighted by Crippen LogP contribution is -2.14. The first-order valence-electron chi connectivity index (χ1n) is 9.15. The third-order valence-electron chi connectivity index (χ3n) is 4.52. The molecule has 0 bridgehead atoms. The van der Waals surface area contributed by atoms with Crippen molar-refractivity contribution >= 4 is 35.2 Å². The number of nitrogens with one attached hydrogen (secondary N) is 2. The predicted molar refractivity (Wildman–Crippen MR) is 117 cm³/mol. The second-order valence-corrected chi connectivity index (χ2v) is 7.95. The van der Waals surface area contributed by atoms with E-state index in [-0.39, 0.29) is 11.9 Å². The minimum Gasteiger partial charge on any atom is -0.361 e. The summed E-state index contributed by atoms with van der Waals surface area (Å²) in [5.74, 6) is 1.82. The maximum atomic E-state index is 12.9. The number of hydrogen-bond donors (Lipinski definition) is 2. The molecule has 0 aliphatic heterocycles. The number of hydrogen-bond acceptors (Lipinski definition) is 6. The van der Waals surface area contributed by atoms with Crippen LogP contribution >= 0.6 is 23.4 Å². The van der Waals surface area contributed by atoms with Crippen LogP contribution in [0, 0.1) is 13.8 Å². The number of thioether (sulfide) groups is 1. The van der Waals surface area contributed by atoms with Crippen LogP contribution in [-0.2, 0) is 5.75 Å². The van der Waals surface area contributed by atoms with E-state index in [4.69, 9.17) is 16.1 Å². The van der Waals surface area contributed by atoms with Crippen molar-refractivity contribution in [2.75, 3.05) is 5.32 Å². The second kappa shape index (κ2) is 8.73. The average Bonchev–Trinajstić information content (AvgIpc) is 3.33. The first kappa shape index (κ1) is 20.2. The number of carbonyl (C=O) groups excluding carboxylic acids is 1. The van der Waals surface area contributed by atoms with Gasteiger partial charge in [-0.3, -0.25) is 15.2 Å². The third-order valence-corrected chi connectivity index (χ3v) is 5.95. The van der Waals surface area contributed by atoms with E-state index >= 15 is 0 Å². The van der Waals surface area contributed by atoms with E-state index < -0.39 is 0 Å². The molecule has 0 saturated carbocycles. The predicted octanol–water partition coefficient (Wildman–Crippen LogP) is 5.27. The quantitative estimate of drug-likeness (QED) is 0.397. The van der Waals surface area contributed by atoms with Crippen molar-refractivity contribution in [3.63, 3.8) is 0 Å². The summed E-state index contributed by atoms with van der Waals surface area (Å²) in [7, 11) is 0. The number of aromatic amines is 1. The number of aromatic nitrogens is 4. The number of anilines is 1. The lowest BCUT2D eigenvalue weighted by atomic mass is 10.2. The zero-order valence-corrected chi connectivity index (χ0v) is 17.8. The van der Waals surface area contributed by atoms with Gasteiger partial charge < -0.3 is 4.52 Å². The fourth-order valence-electron chi connectivity index (χ4n) is 2.90. The molecule has 0 aliphatic rings. The smallest absolute Gasteiger partial charge is 0.259 e. The molecule has 0 unspecified atom stereocenters. The number of rotatable bonds is 6. The minimum absolute atomic E-state index is 0.181. The van der Waals surface area contributed by atoms with Gasteiger partial charge in [0.2, 0.25) is 5.95 Å². The first-order chi connectivity index (χ1) is 14.5. The van der Waals surface area contributed by atoms with E-state index in [1.807, 2.05) is 50.2 Å². The molecule has 2 N–H and O–H groups in total. The van der Waals surface area contributed by atoms with Crippen LogP contribution in [-0.4, -0.2) is 26.2 Å². The molecular formula is C21H18ClN5O2S. The number of H-pyrrole nitrogens is 1. The summed E-state index contributed by atoms with van der Waals surface area (Å²) >= 11 is 7.75. The number of aryl methyl sites for hydroxylation is 2. The van der Waals surface area contributed by atoms with Crippen molar-refractivity contribution in [1.82, 2.24) is 20.3 Å². The molecule has 30 heavy (non-hydrogen) atoms. The van der Waals surface area contributed by atoms with Gasteiger partial charge in [-0.1, -0.05) is 41.0 Å². The zero-order valence-electron chi connectivity index (χ0n) is 16.3. The number of amides is 1. The van der Waals surface area contributed by atoms with Crippen molar-refractivity contribution in [2.45, 2.75) is 24.5 Å². The third kappa shape index (κ3) is 4.24. The fraction of sp³-hybridized carbons (Fsp3) is 0.143. The number of nitrogens with zero attached hydrogens (tertiary/aromatic N) is 3. The largest absolute Gasteiger partial charge is 0.361 e. The Bertz CT molecular complexity index is 1180. The van der Waals surface area contributed by atoms with Crippen molar-refractivity contribution in [2.24, 2.45) is 0 Å². The Morgan fingerprint density at radius 1 is 1.17 bits per heavy atom. The Kier molecular flexibility index (Phi) is 5.87. The standard InChI is InChI=1S/C21H18ClN5O2S/c1-12-16(13(2)29-27-12)11-30-18-10-6-4-8-15(18)20(28)24-21-23-19(25-26-21)14-7-3-5-9-17(14)22/h3-10H,11H2,1-2H3,(H2,23,24,25,26,28). The molecule has 0 atom stereocenters. The molecule has 4 aromatic rings.